The normalized spacial score (nSPS) is 10.8. The van der Waals surface area contributed by atoms with Gasteiger partial charge in [-0.1, -0.05) is 23.7 Å². The molecule has 2 aromatic carbocycles. The van der Waals surface area contributed by atoms with Crippen molar-refractivity contribution in [3.05, 3.63) is 81.7 Å². The van der Waals surface area contributed by atoms with Gasteiger partial charge in [0.1, 0.15) is 18.1 Å². The van der Waals surface area contributed by atoms with Gasteiger partial charge in [0.05, 0.1) is 24.9 Å². The minimum atomic E-state index is -0.223. The van der Waals surface area contributed by atoms with E-state index in [0.29, 0.717) is 22.0 Å². The van der Waals surface area contributed by atoms with E-state index >= 15 is 0 Å². The molecule has 0 radical (unpaired) electrons. The number of ether oxygens (including phenoxy) is 2. The van der Waals surface area contributed by atoms with Crippen LogP contribution < -0.4 is 15.0 Å². The van der Waals surface area contributed by atoms with Gasteiger partial charge in [-0.15, -0.1) is 0 Å². The number of hydrogen-bond donors (Lipinski definition) is 1. The minimum absolute atomic E-state index is 0.223. The summed E-state index contributed by atoms with van der Waals surface area (Å²) in [7, 11) is 1.61. The molecule has 1 N–H and O–H groups in total. The predicted octanol–water partition coefficient (Wildman–Crippen LogP) is 4.20. The fourth-order valence-electron chi connectivity index (χ4n) is 3.16. The van der Waals surface area contributed by atoms with Crippen LogP contribution in [0.25, 0.3) is 22.2 Å². The third-order valence-corrected chi connectivity index (χ3v) is 5.12. The van der Waals surface area contributed by atoms with Gasteiger partial charge in [-0.3, -0.25) is 9.78 Å². The maximum atomic E-state index is 12.3. The molecule has 4 rings (SSSR count). The summed E-state index contributed by atoms with van der Waals surface area (Å²) >= 11 is 6.19. The molecule has 0 unspecified atom stereocenters. The second-order valence-corrected chi connectivity index (χ2v) is 7.11. The lowest BCUT2D eigenvalue weighted by Gasteiger charge is -2.11. The van der Waals surface area contributed by atoms with Gasteiger partial charge in [0, 0.05) is 46.1 Å². The van der Waals surface area contributed by atoms with Crippen LogP contribution in [0.1, 0.15) is 5.56 Å². The van der Waals surface area contributed by atoms with E-state index in [1.807, 2.05) is 24.3 Å². The number of halogens is 1. The summed E-state index contributed by atoms with van der Waals surface area (Å²) in [5.74, 6) is 1.39. The van der Waals surface area contributed by atoms with Crippen LogP contribution in [0.15, 0.2) is 65.6 Å². The van der Waals surface area contributed by atoms with E-state index in [9.17, 15) is 4.79 Å². The van der Waals surface area contributed by atoms with Crippen molar-refractivity contribution < 1.29 is 9.47 Å². The summed E-state index contributed by atoms with van der Waals surface area (Å²) in [4.78, 5) is 16.6. The molecule has 0 atom stereocenters. The van der Waals surface area contributed by atoms with E-state index in [2.05, 4.69) is 10.1 Å². The molecule has 0 amide bonds. The van der Waals surface area contributed by atoms with Crippen LogP contribution in [0.3, 0.4) is 0 Å². The highest BCUT2D eigenvalue weighted by Crippen LogP contribution is 2.27. The molecular weight excluding hydrogens is 416 g/mol. The Morgan fingerprint density at radius 2 is 2.00 bits per heavy atom. The number of nitrogens with zero attached hydrogens (tertiary/aromatic N) is 3. The van der Waals surface area contributed by atoms with Gasteiger partial charge in [-0.05, 0) is 30.3 Å². The van der Waals surface area contributed by atoms with Gasteiger partial charge in [0.2, 0.25) is 0 Å². The zero-order valence-corrected chi connectivity index (χ0v) is 17.5. The number of aromatic nitrogens is 3. The van der Waals surface area contributed by atoms with Gasteiger partial charge in [0.25, 0.3) is 5.56 Å². The molecule has 0 saturated carbocycles. The van der Waals surface area contributed by atoms with Gasteiger partial charge in [0.15, 0.2) is 0 Å². The topological polar surface area (TPSA) is 90.1 Å². The lowest BCUT2D eigenvalue weighted by atomic mass is 10.1. The van der Waals surface area contributed by atoms with Gasteiger partial charge >= 0.3 is 0 Å². The third-order valence-electron chi connectivity index (χ3n) is 4.79. The van der Waals surface area contributed by atoms with Gasteiger partial charge < -0.3 is 14.9 Å². The smallest absolute Gasteiger partial charge is 0.266 e. The summed E-state index contributed by atoms with van der Waals surface area (Å²) in [5, 5.41) is 13.1. The molecule has 0 aliphatic carbocycles. The molecule has 0 saturated heterocycles. The summed E-state index contributed by atoms with van der Waals surface area (Å²) in [6, 6.07) is 15.8. The molecule has 0 fully saturated rings. The van der Waals surface area contributed by atoms with Crippen molar-refractivity contribution in [1.29, 1.82) is 5.41 Å². The Kier molecular flexibility index (Phi) is 5.95. The number of rotatable bonds is 7. The van der Waals surface area contributed by atoms with Crippen LogP contribution in [0, 0.1) is 5.41 Å². The number of pyridine rings is 1. The Labute approximate surface area is 183 Å². The van der Waals surface area contributed by atoms with Crippen molar-refractivity contribution in [3.63, 3.8) is 0 Å². The fourth-order valence-corrected chi connectivity index (χ4v) is 3.40. The van der Waals surface area contributed by atoms with Crippen LogP contribution in [0.4, 0.5) is 0 Å². The summed E-state index contributed by atoms with van der Waals surface area (Å²) in [6.07, 6.45) is 2.86. The van der Waals surface area contributed by atoms with Gasteiger partial charge in [-0.25, -0.2) is 4.68 Å². The number of benzene rings is 2. The Morgan fingerprint density at radius 1 is 1.13 bits per heavy atom. The largest absolute Gasteiger partial charge is 0.497 e. The maximum Gasteiger partial charge on any atom is 0.266 e. The minimum Gasteiger partial charge on any atom is -0.497 e. The summed E-state index contributed by atoms with van der Waals surface area (Å²) in [6.45, 7) is 0.536. The molecule has 156 valence electrons. The molecule has 0 spiro atoms. The zero-order chi connectivity index (χ0) is 21.8. The van der Waals surface area contributed by atoms with E-state index in [0.717, 1.165) is 22.2 Å². The second-order valence-electron chi connectivity index (χ2n) is 6.70. The summed E-state index contributed by atoms with van der Waals surface area (Å²) < 4.78 is 12.5. The molecule has 31 heavy (non-hydrogen) atoms. The van der Waals surface area contributed by atoms with Crippen LogP contribution in [-0.4, -0.2) is 34.7 Å². The quantitative estimate of drug-likeness (QED) is 0.440. The second kappa shape index (κ2) is 8.97. The highest BCUT2D eigenvalue weighted by molar-refractivity contribution is 6.33. The molecule has 8 heteroatoms. The zero-order valence-electron chi connectivity index (χ0n) is 16.7. The van der Waals surface area contributed by atoms with E-state index in [1.54, 1.807) is 37.6 Å². The molecule has 2 aromatic heterocycles. The van der Waals surface area contributed by atoms with Crippen molar-refractivity contribution in [3.8, 4) is 22.8 Å². The summed E-state index contributed by atoms with van der Waals surface area (Å²) in [5.41, 5.74) is 2.53. The van der Waals surface area contributed by atoms with E-state index in [1.165, 1.54) is 17.0 Å². The Bertz CT molecular complexity index is 1320. The standard InChI is InChI=1S/C23H19ClN4O3/c1-30-17-4-5-18-21(13-17)26-9-8-22(18)31-11-10-28-23(29)7-6-20(27-28)15-2-3-16(14-25)19(24)12-15/h2-9,12-14,25H,10-11H2,1H3. The maximum absolute atomic E-state index is 12.3. The molecular formula is C23H19ClN4O3. The highest BCUT2D eigenvalue weighted by atomic mass is 35.5. The Morgan fingerprint density at radius 3 is 2.77 bits per heavy atom. The van der Waals surface area contributed by atoms with Crippen molar-refractivity contribution >= 4 is 28.7 Å². The first-order chi connectivity index (χ1) is 15.1. The number of hydrogen-bond acceptors (Lipinski definition) is 6. The van der Waals surface area contributed by atoms with Crippen LogP contribution in [0.2, 0.25) is 5.02 Å². The average molecular weight is 435 g/mol. The highest BCUT2D eigenvalue weighted by Gasteiger charge is 2.08. The lowest BCUT2D eigenvalue weighted by Crippen LogP contribution is -2.25. The molecule has 0 aliphatic rings. The van der Waals surface area contributed by atoms with E-state index in [4.69, 9.17) is 26.5 Å². The van der Waals surface area contributed by atoms with Crippen LogP contribution >= 0.6 is 11.6 Å². The van der Waals surface area contributed by atoms with E-state index in [-0.39, 0.29) is 18.7 Å². The SMILES string of the molecule is COc1ccc2c(OCCn3nc(-c4ccc(C=N)c(Cl)c4)ccc3=O)ccnc2c1. The first-order valence-corrected chi connectivity index (χ1v) is 9.91. The predicted molar refractivity (Wildman–Crippen MR) is 121 cm³/mol. The van der Waals surface area contributed by atoms with E-state index < -0.39 is 0 Å². The van der Waals surface area contributed by atoms with Crippen molar-refractivity contribution in [2.24, 2.45) is 0 Å². The molecule has 4 aromatic rings. The molecule has 7 nitrogen and oxygen atoms in total. The van der Waals surface area contributed by atoms with Crippen molar-refractivity contribution in [2.75, 3.05) is 13.7 Å². The molecule has 0 bridgehead atoms. The fraction of sp³-hybridized carbons (Fsp3) is 0.130. The molecule has 2 heterocycles. The third kappa shape index (κ3) is 4.41. The first-order valence-electron chi connectivity index (χ1n) is 9.53. The van der Waals surface area contributed by atoms with Crippen LogP contribution in [-0.2, 0) is 6.54 Å². The monoisotopic (exact) mass is 434 g/mol. The van der Waals surface area contributed by atoms with Gasteiger partial charge in [-0.2, -0.15) is 5.10 Å². The lowest BCUT2D eigenvalue weighted by molar-refractivity contribution is 0.291. The Hall–Kier alpha value is -3.71. The Balaban J connectivity index is 1.52. The first kappa shape index (κ1) is 20.6. The van der Waals surface area contributed by atoms with Crippen molar-refractivity contribution in [1.82, 2.24) is 14.8 Å². The molecule has 0 aliphatic heterocycles. The average Bonchev–Trinajstić information content (AvgIpc) is 2.80. The van der Waals surface area contributed by atoms with Crippen molar-refractivity contribution in [2.45, 2.75) is 6.54 Å². The number of nitrogens with one attached hydrogen (secondary N) is 1. The number of methoxy groups -OCH3 is 1. The van der Waals surface area contributed by atoms with Crippen LogP contribution in [0.5, 0.6) is 11.5 Å². The number of fused-ring (bicyclic) bond motifs is 1.